The van der Waals surface area contributed by atoms with E-state index in [-0.39, 0.29) is 6.03 Å². The average Bonchev–Trinajstić information content (AvgIpc) is 2.47. The first-order chi connectivity index (χ1) is 10.5. The van der Waals surface area contributed by atoms with Crippen molar-refractivity contribution in [3.8, 4) is 0 Å². The predicted molar refractivity (Wildman–Crippen MR) is 80.8 cm³/mol. The van der Waals surface area contributed by atoms with Gasteiger partial charge in [-0.05, 0) is 26.2 Å². The van der Waals surface area contributed by atoms with Gasteiger partial charge >= 0.3 is 6.03 Å². The Balaban J connectivity index is 1.74. The van der Waals surface area contributed by atoms with E-state index < -0.39 is 11.2 Å². The molecule has 2 amide bonds. The van der Waals surface area contributed by atoms with E-state index in [0.717, 1.165) is 12.8 Å². The summed E-state index contributed by atoms with van der Waals surface area (Å²) in [5, 5.41) is 13.2. The zero-order chi connectivity index (χ0) is 16.1. The maximum Gasteiger partial charge on any atom is 0.317 e. The Morgan fingerprint density at radius 2 is 2.27 bits per heavy atom. The summed E-state index contributed by atoms with van der Waals surface area (Å²) in [7, 11) is 1.63. The molecule has 0 aliphatic carbocycles. The van der Waals surface area contributed by atoms with Gasteiger partial charge in [0.15, 0.2) is 0 Å². The van der Waals surface area contributed by atoms with Gasteiger partial charge in [0.1, 0.15) is 5.60 Å². The third kappa shape index (κ3) is 4.81. The molecule has 7 nitrogen and oxygen atoms in total. The van der Waals surface area contributed by atoms with E-state index in [0.29, 0.717) is 52.5 Å². The van der Waals surface area contributed by atoms with Crippen LogP contribution in [-0.4, -0.2) is 80.4 Å². The lowest BCUT2D eigenvalue weighted by atomic mass is 9.93. The average molecular weight is 316 g/mol. The van der Waals surface area contributed by atoms with Gasteiger partial charge in [-0.15, -0.1) is 0 Å². The van der Waals surface area contributed by atoms with Crippen LogP contribution in [0.5, 0.6) is 0 Å². The predicted octanol–water partition coefficient (Wildman–Crippen LogP) is 0.365. The standard InChI is InChI=1S/C15H28N2O5/c1-14(11-20-2)10-17(7-9-22-14)13(18)16-6-5-15(19)4-3-8-21-12-15/h19H,3-12H2,1-2H3,(H,16,18). The first-order valence-corrected chi connectivity index (χ1v) is 7.92. The van der Waals surface area contributed by atoms with Gasteiger partial charge in [0, 0.05) is 26.8 Å². The molecule has 0 aromatic heterocycles. The molecule has 0 bridgehead atoms. The molecule has 0 saturated carbocycles. The molecule has 0 aromatic rings. The number of nitrogens with zero attached hydrogens (tertiary/aromatic N) is 1. The highest BCUT2D eigenvalue weighted by Gasteiger charge is 2.35. The van der Waals surface area contributed by atoms with Crippen molar-refractivity contribution in [1.82, 2.24) is 10.2 Å². The summed E-state index contributed by atoms with van der Waals surface area (Å²) in [6, 6.07) is -0.119. The van der Waals surface area contributed by atoms with Crippen molar-refractivity contribution in [1.29, 1.82) is 0 Å². The topological polar surface area (TPSA) is 80.3 Å². The Morgan fingerprint density at radius 3 is 2.95 bits per heavy atom. The summed E-state index contributed by atoms with van der Waals surface area (Å²) in [4.78, 5) is 14.0. The van der Waals surface area contributed by atoms with Gasteiger partial charge in [0.2, 0.25) is 0 Å². The molecule has 2 heterocycles. The van der Waals surface area contributed by atoms with E-state index in [9.17, 15) is 9.90 Å². The molecule has 7 heteroatoms. The summed E-state index contributed by atoms with van der Waals surface area (Å²) in [5.74, 6) is 0. The highest BCUT2D eigenvalue weighted by Crippen LogP contribution is 2.22. The summed E-state index contributed by atoms with van der Waals surface area (Å²) in [6.07, 6.45) is 2.11. The fourth-order valence-electron chi connectivity index (χ4n) is 3.05. The minimum Gasteiger partial charge on any atom is -0.387 e. The number of hydrogen-bond donors (Lipinski definition) is 2. The zero-order valence-corrected chi connectivity index (χ0v) is 13.6. The van der Waals surface area contributed by atoms with Crippen molar-refractivity contribution in [3.05, 3.63) is 0 Å². The van der Waals surface area contributed by atoms with Crippen LogP contribution in [0.15, 0.2) is 0 Å². The molecule has 128 valence electrons. The zero-order valence-electron chi connectivity index (χ0n) is 13.6. The van der Waals surface area contributed by atoms with Crippen LogP contribution in [0, 0.1) is 0 Å². The van der Waals surface area contributed by atoms with Gasteiger partial charge in [-0.25, -0.2) is 4.79 Å². The number of rotatable bonds is 5. The lowest BCUT2D eigenvalue weighted by Crippen LogP contribution is -2.56. The summed E-state index contributed by atoms with van der Waals surface area (Å²) in [6.45, 7) is 5.47. The molecule has 22 heavy (non-hydrogen) atoms. The number of methoxy groups -OCH3 is 1. The maximum absolute atomic E-state index is 12.2. The van der Waals surface area contributed by atoms with E-state index in [2.05, 4.69) is 5.32 Å². The van der Waals surface area contributed by atoms with E-state index in [1.54, 1.807) is 12.0 Å². The van der Waals surface area contributed by atoms with Crippen LogP contribution in [0.4, 0.5) is 4.79 Å². The second-order valence-corrected chi connectivity index (χ2v) is 6.52. The van der Waals surface area contributed by atoms with E-state index in [4.69, 9.17) is 14.2 Å². The van der Waals surface area contributed by atoms with Gasteiger partial charge in [-0.1, -0.05) is 0 Å². The van der Waals surface area contributed by atoms with Gasteiger partial charge in [0.25, 0.3) is 0 Å². The molecule has 2 saturated heterocycles. The molecule has 0 spiro atoms. The number of nitrogens with one attached hydrogen (secondary N) is 1. The molecule has 2 aliphatic rings. The molecular formula is C15H28N2O5. The molecular weight excluding hydrogens is 288 g/mol. The highest BCUT2D eigenvalue weighted by molar-refractivity contribution is 5.74. The lowest BCUT2D eigenvalue weighted by molar-refractivity contribution is -0.118. The Hall–Kier alpha value is -0.890. The van der Waals surface area contributed by atoms with Crippen molar-refractivity contribution in [2.45, 2.75) is 37.4 Å². The lowest BCUT2D eigenvalue weighted by Gasteiger charge is -2.40. The molecule has 0 radical (unpaired) electrons. The number of amides is 2. The number of aliphatic hydroxyl groups is 1. The molecule has 2 rings (SSSR count). The molecule has 2 aliphatic heterocycles. The van der Waals surface area contributed by atoms with Crippen LogP contribution in [-0.2, 0) is 14.2 Å². The van der Waals surface area contributed by atoms with Gasteiger partial charge < -0.3 is 29.5 Å². The van der Waals surface area contributed by atoms with Crippen LogP contribution in [0.3, 0.4) is 0 Å². The fourth-order valence-corrected chi connectivity index (χ4v) is 3.05. The van der Waals surface area contributed by atoms with Gasteiger partial charge in [-0.2, -0.15) is 0 Å². The fraction of sp³-hybridized carbons (Fsp3) is 0.933. The van der Waals surface area contributed by atoms with Crippen LogP contribution >= 0.6 is 0 Å². The minimum atomic E-state index is -0.804. The van der Waals surface area contributed by atoms with Crippen molar-refractivity contribution in [2.24, 2.45) is 0 Å². The van der Waals surface area contributed by atoms with Crippen molar-refractivity contribution in [2.75, 3.05) is 53.2 Å². The molecule has 2 N–H and O–H groups in total. The monoisotopic (exact) mass is 316 g/mol. The number of hydrogen-bond acceptors (Lipinski definition) is 5. The number of carbonyl (C=O) groups excluding carboxylic acids is 1. The first kappa shape index (κ1) is 17.5. The van der Waals surface area contributed by atoms with Crippen molar-refractivity contribution >= 4 is 6.03 Å². The molecule has 2 fully saturated rings. The smallest absolute Gasteiger partial charge is 0.317 e. The van der Waals surface area contributed by atoms with Gasteiger partial charge in [0.05, 0.1) is 32.0 Å². The van der Waals surface area contributed by atoms with Crippen molar-refractivity contribution in [3.63, 3.8) is 0 Å². The largest absolute Gasteiger partial charge is 0.387 e. The Kier molecular flexibility index (Phi) is 6.02. The number of carbonyl (C=O) groups is 1. The van der Waals surface area contributed by atoms with Gasteiger partial charge in [-0.3, -0.25) is 0 Å². The first-order valence-electron chi connectivity index (χ1n) is 7.92. The second kappa shape index (κ2) is 7.59. The summed E-state index contributed by atoms with van der Waals surface area (Å²) < 4.78 is 16.2. The van der Waals surface area contributed by atoms with Crippen LogP contribution in [0.2, 0.25) is 0 Å². The van der Waals surface area contributed by atoms with E-state index >= 15 is 0 Å². The summed E-state index contributed by atoms with van der Waals surface area (Å²) in [5.41, 5.74) is -1.26. The Morgan fingerprint density at radius 1 is 1.45 bits per heavy atom. The number of morpholine rings is 1. The second-order valence-electron chi connectivity index (χ2n) is 6.52. The third-order valence-electron chi connectivity index (χ3n) is 4.24. The van der Waals surface area contributed by atoms with Crippen LogP contribution < -0.4 is 5.32 Å². The SMILES string of the molecule is COCC1(C)CN(C(=O)NCCC2(O)CCCOC2)CCO1. The number of ether oxygens (including phenoxy) is 3. The highest BCUT2D eigenvalue weighted by atomic mass is 16.5. The Bertz CT molecular complexity index is 369. The minimum absolute atomic E-state index is 0.119. The summed E-state index contributed by atoms with van der Waals surface area (Å²) >= 11 is 0. The van der Waals surface area contributed by atoms with Crippen LogP contribution in [0.25, 0.3) is 0 Å². The maximum atomic E-state index is 12.2. The number of urea groups is 1. The molecule has 0 aromatic carbocycles. The van der Waals surface area contributed by atoms with Crippen LogP contribution in [0.1, 0.15) is 26.2 Å². The van der Waals surface area contributed by atoms with E-state index in [1.807, 2.05) is 6.92 Å². The van der Waals surface area contributed by atoms with Crippen molar-refractivity contribution < 1.29 is 24.1 Å². The quantitative estimate of drug-likeness (QED) is 0.766. The Labute approximate surface area is 131 Å². The molecule has 2 atom stereocenters. The molecule has 2 unspecified atom stereocenters. The normalized spacial score (nSPS) is 32.8. The third-order valence-corrected chi connectivity index (χ3v) is 4.24. The van der Waals surface area contributed by atoms with E-state index in [1.165, 1.54) is 0 Å².